The molecule has 0 aliphatic carbocycles. The number of hydrogen-bond acceptors (Lipinski definition) is 4. The van der Waals surface area contributed by atoms with Gasteiger partial charge in [0.1, 0.15) is 0 Å². The predicted octanol–water partition coefficient (Wildman–Crippen LogP) is 7.75. The van der Waals surface area contributed by atoms with Crippen molar-refractivity contribution in [2.24, 2.45) is 0 Å². The normalized spacial score (nSPS) is 15.5. The van der Waals surface area contributed by atoms with E-state index in [4.69, 9.17) is 9.30 Å². The number of hydrogen-bond donors (Lipinski definition) is 0. The molecule has 6 nitrogen and oxygen atoms in total. The summed E-state index contributed by atoms with van der Waals surface area (Å²) in [5.74, 6) is 0. The van der Waals surface area contributed by atoms with E-state index in [2.05, 4.69) is 128 Å². The first kappa shape index (κ1) is 39.5. The van der Waals surface area contributed by atoms with Crippen LogP contribution in [0, 0.1) is 13.3 Å². The van der Waals surface area contributed by atoms with Gasteiger partial charge in [-0.1, -0.05) is 125 Å². The first-order chi connectivity index (χ1) is 15.1. The summed E-state index contributed by atoms with van der Waals surface area (Å²) >= 11 is 0. The van der Waals surface area contributed by atoms with E-state index in [-0.39, 0.29) is 17.1 Å². The van der Waals surface area contributed by atoms with Crippen molar-refractivity contribution in [2.75, 3.05) is 27.2 Å². The van der Waals surface area contributed by atoms with Crippen LogP contribution < -0.4 is 0 Å². The maximum Gasteiger partial charge on any atom is 0 e. The Morgan fingerprint density at radius 3 is 0.800 bits per heavy atom. The van der Waals surface area contributed by atoms with Crippen molar-refractivity contribution < 1.29 is 17.1 Å². The Bertz CT molecular complexity index is 517. The minimum atomic E-state index is -1.11. The summed E-state index contributed by atoms with van der Waals surface area (Å²) in [5, 5.41) is 0. The first-order valence-corrected chi connectivity index (χ1v) is 26.4. The molecule has 1 radical (unpaired) electrons. The molecule has 0 bridgehead atoms. The second-order valence-corrected chi connectivity index (χ2v) is 31.9. The van der Waals surface area contributed by atoms with Gasteiger partial charge in [0.25, 0.3) is 0 Å². The van der Waals surface area contributed by atoms with Gasteiger partial charge in [-0.15, -0.1) is 0 Å². The van der Waals surface area contributed by atoms with Crippen LogP contribution in [0.4, 0.5) is 0 Å². The third kappa shape index (κ3) is 30.1. The molecule has 0 saturated heterocycles. The van der Waals surface area contributed by atoms with Crippen LogP contribution in [0.25, 0.3) is 9.30 Å². The average molecular weight is 598 g/mol. The van der Waals surface area contributed by atoms with E-state index < -0.39 is 32.9 Å². The SMILES string of the molecule is CCN1C=CN(C)[CH-]1.CCN1C=CN(C)[CH-]1.C[Si](C)(C)[N-][Si](C)(C)C.C[Si](C)(C)[N-][Si](C)(C)C.[Mn]. The van der Waals surface area contributed by atoms with E-state index >= 15 is 0 Å². The van der Waals surface area contributed by atoms with Gasteiger partial charge in [-0.3, -0.25) is 0 Å². The van der Waals surface area contributed by atoms with Gasteiger partial charge >= 0.3 is 0 Å². The molecular formula is C24H58MnN6Si4-4. The van der Waals surface area contributed by atoms with Gasteiger partial charge < -0.3 is 28.9 Å². The molecule has 2 rings (SSSR count). The molecule has 0 atom stereocenters. The van der Waals surface area contributed by atoms with E-state index in [1.165, 1.54) is 0 Å². The zero-order valence-electron chi connectivity index (χ0n) is 25.9. The van der Waals surface area contributed by atoms with Crippen LogP contribution >= 0.6 is 0 Å². The summed E-state index contributed by atoms with van der Waals surface area (Å²) < 4.78 is 9.64. The standard InChI is InChI=1S/2C6H11N2.2C6H18NSi2.Mn/c2*1-3-8-5-4-7(2)6-8;2*1-8(2,3)7-9(4,5)6;/h2*4-6H,3H2,1-2H3;2*1-6H3;/q4*-1;. The third-order valence-corrected chi connectivity index (χ3v) is 14.5. The monoisotopic (exact) mass is 597 g/mol. The van der Waals surface area contributed by atoms with Gasteiger partial charge in [0.2, 0.25) is 0 Å². The van der Waals surface area contributed by atoms with Crippen LogP contribution in [0.15, 0.2) is 24.8 Å². The van der Waals surface area contributed by atoms with Gasteiger partial charge in [-0.2, -0.15) is 13.3 Å². The molecule has 0 aromatic rings. The summed E-state index contributed by atoms with van der Waals surface area (Å²) in [4.78, 5) is 8.31. The second-order valence-electron chi connectivity index (χ2n) is 12.7. The van der Waals surface area contributed by atoms with Gasteiger partial charge in [0, 0.05) is 17.1 Å². The fraction of sp³-hybridized carbons (Fsp3) is 0.750. The number of nitrogens with zero attached hydrogens (tertiary/aromatic N) is 6. The second kappa shape index (κ2) is 17.5. The molecule has 35 heavy (non-hydrogen) atoms. The molecule has 2 aliphatic heterocycles. The molecular weight excluding hydrogens is 540 g/mol. The third-order valence-electron chi connectivity index (χ3n) is 3.72. The maximum absolute atomic E-state index is 4.82. The molecule has 0 aromatic carbocycles. The Labute approximate surface area is 235 Å². The van der Waals surface area contributed by atoms with Crippen LogP contribution in [0.2, 0.25) is 78.6 Å². The summed E-state index contributed by atoms with van der Waals surface area (Å²) in [6.45, 7) is 38.0. The minimum Gasteiger partial charge on any atom is -0.668 e. The molecule has 0 fully saturated rings. The van der Waals surface area contributed by atoms with Crippen molar-refractivity contribution in [2.45, 2.75) is 92.4 Å². The van der Waals surface area contributed by atoms with Crippen LogP contribution in [0.1, 0.15) is 13.8 Å². The van der Waals surface area contributed by atoms with E-state index in [1.807, 2.05) is 36.3 Å². The summed E-state index contributed by atoms with van der Waals surface area (Å²) in [5.41, 5.74) is 0. The largest absolute Gasteiger partial charge is 0.668 e. The molecule has 0 N–H and O–H groups in total. The zero-order valence-corrected chi connectivity index (χ0v) is 31.1. The van der Waals surface area contributed by atoms with Crippen LogP contribution in [0.5, 0.6) is 0 Å². The van der Waals surface area contributed by atoms with Gasteiger partial charge in [0.05, 0.1) is 0 Å². The molecule has 0 unspecified atom stereocenters. The molecule has 11 heteroatoms. The predicted molar refractivity (Wildman–Crippen MR) is 167 cm³/mol. The average Bonchev–Trinajstić information content (AvgIpc) is 3.17. The summed E-state index contributed by atoms with van der Waals surface area (Å²) in [6.07, 6.45) is 8.17. The Kier molecular flexibility index (Phi) is 19.7. The van der Waals surface area contributed by atoms with Crippen LogP contribution in [-0.4, -0.2) is 79.7 Å². The Hall–Kier alpha value is -0.0130. The van der Waals surface area contributed by atoms with Crippen LogP contribution in [-0.2, 0) is 17.1 Å². The van der Waals surface area contributed by atoms with Gasteiger partial charge in [-0.05, 0) is 52.0 Å². The van der Waals surface area contributed by atoms with Crippen molar-refractivity contribution >= 4 is 32.9 Å². The topological polar surface area (TPSA) is 41.2 Å². The molecule has 2 aliphatic rings. The number of rotatable bonds is 6. The van der Waals surface area contributed by atoms with Crippen molar-refractivity contribution in [1.82, 2.24) is 19.6 Å². The molecule has 2 heterocycles. The molecule has 0 amide bonds. The van der Waals surface area contributed by atoms with E-state index in [9.17, 15) is 0 Å². The maximum atomic E-state index is 4.82. The minimum absolute atomic E-state index is 0. The smallest absolute Gasteiger partial charge is 0 e. The quantitative estimate of drug-likeness (QED) is 0.232. The van der Waals surface area contributed by atoms with E-state index in [1.54, 1.807) is 0 Å². The Morgan fingerprint density at radius 1 is 0.514 bits per heavy atom. The molecule has 0 saturated carbocycles. The fourth-order valence-corrected chi connectivity index (χ4v) is 19.5. The fourth-order valence-electron chi connectivity index (χ4n) is 3.39. The first-order valence-electron chi connectivity index (χ1n) is 12.6. The Morgan fingerprint density at radius 2 is 0.743 bits per heavy atom. The zero-order chi connectivity index (χ0) is 27.4. The molecule has 211 valence electrons. The van der Waals surface area contributed by atoms with E-state index in [0.717, 1.165) is 13.1 Å². The molecule has 0 spiro atoms. The van der Waals surface area contributed by atoms with E-state index in [0.29, 0.717) is 0 Å². The van der Waals surface area contributed by atoms with Gasteiger partial charge in [-0.25, -0.2) is 0 Å². The van der Waals surface area contributed by atoms with Crippen molar-refractivity contribution in [3.05, 3.63) is 47.4 Å². The van der Waals surface area contributed by atoms with Gasteiger partial charge in [0.15, 0.2) is 0 Å². The van der Waals surface area contributed by atoms with Crippen molar-refractivity contribution in [3.63, 3.8) is 0 Å². The summed E-state index contributed by atoms with van der Waals surface area (Å²) in [7, 11) is -0.384. The molecule has 0 aromatic heterocycles. The summed E-state index contributed by atoms with van der Waals surface area (Å²) in [6, 6.07) is 0. The Balaban J connectivity index is -0.000000387. The van der Waals surface area contributed by atoms with Crippen molar-refractivity contribution in [3.8, 4) is 0 Å². The van der Waals surface area contributed by atoms with Crippen molar-refractivity contribution in [1.29, 1.82) is 0 Å². The van der Waals surface area contributed by atoms with Crippen LogP contribution in [0.3, 0.4) is 0 Å².